The minimum absolute atomic E-state index is 0.594. The zero-order chi connectivity index (χ0) is 12.7. The van der Waals surface area contributed by atoms with Crippen molar-refractivity contribution in [2.45, 2.75) is 6.92 Å². The number of hydrogen-bond acceptors (Lipinski definition) is 3. The zero-order valence-corrected chi connectivity index (χ0v) is 11.1. The SMILES string of the molecule is C=C(OCCNCC)c1ccc(NC)cc1Cl. The molecule has 1 aromatic carbocycles. The fraction of sp³-hybridized carbons (Fsp3) is 0.385. The first-order chi connectivity index (χ1) is 8.19. The maximum Gasteiger partial charge on any atom is 0.120 e. The van der Waals surface area contributed by atoms with E-state index in [1.54, 1.807) is 0 Å². The molecule has 0 radical (unpaired) electrons. The number of likely N-dealkylation sites (N-methyl/N-ethyl adjacent to an activating group) is 1. The molecule has 0 amide bonds. The summed E-state index contributed by atoms with van der Waals surface area (Å²) >= 11 is 6.15. The van der Waals surface area contributed by atoms with E-state index in [-0.39, 0.29) is 0 Å². The van der Waals surface area contributed by atoms with Crippen LogP contribution in [0.4, 0.5) is 5.69 Å². The van der Waals surface area contributed by atoms with E-state index in [9.17, 15) is 0 Å². The molecule has 17 heavy (non-hydrogen) atoms. The number of hydrogen-bond donors (Lipinski definition) is 2. The van der Waals surface area contributed by atoms with Gasteiger partial charge in [0.15, 0.2) is 0 Å². The van der Waals surface area contributed by atoms with Crippen LogP contribution in [0.5, 0.6) is 0 Å². The summed E-state index contributed by atoms with van der Waals surface area (Å²) in [5.74, 6) is 0.607. The van der Waals surface area contributed by atoms with Crippen molar-refractivity contribution in [3.8, 4) is 0 Å². The van der Waals surface area contributed by atoms with Crippen LogP contribution in [-0.2, 0) is 4.74 Å². The van der Waals surface area contributed by atoms with E-state index in [2.05, 4.69) is 24.1 Å². The summed E-state index contributed by atoms with van der Waals surface area (Å²) < 4.78 is 5.52. The molecule has 0 saturated carbocycles. The molecule has 0 aliphatic heterocycles. The highest BCUT2D eigenvalue weighted by Gasteiger charge is 2.06. The first kappa shape index (κ1) is 13.9. The first-order valence-electron chi connectivity index (χ1n) is 5.69. The number of ether oxygens (including phenoxy) is 1. The Morgan fingerprint density at radius 1 is 1.47 bits per heavy atom. The minimum Gasteiger partial charge on any atom is -0.492 e. The number of nitrogens with one attached hydrogen (secondary N) is 2. The summed E-state index contributed by atoms with van der Waals surface area (Å²) in [7, 11) is 1.85. The van der Waals surface area contributed by atoms with E-state index in [1.807, 2.05) is 25.2 Å². The van der Waals surface area contributed by atoms with Gasteiger partial charge < -0.3 is 15.4 Å². The standard InChI is InChI=1S/C13H19ClN2O/c1-4-16-7-8-17-10(2)12-6-5-11(15-3)9-13(12)14/h5-6,9,15-16H,2,4,7-8H2,1,3H3. The van der Waals surface area contributed by atoms with Crippen molar-refractivity contribution in [3.63, 3.8) is 0 Å². The van der Waals surface area contributed by atoms with Gasteiger partial charge in [-0.25, -0.2) is 0 Å². The second-order valence-electron chi connectivity index (χ2n) is 3.57. The second kappa shape index (κ2) is 7.20. The molecule has 1 aromatic rings. The van der Waals surface area contributed by atoms with E-state index < -0.39 is 0 Å². The van der Waals surface area contributed by atoms with Gasteiger partial charge in [0.25, 0.3) is 0 Å². The Hall–Kier alpha value is -1.19. The van der Waals surface area contributed by atoms with Crippen LogP contribution >= 0.6 is 11.6 Å². The number of anilines is 1. The maximum atomic E-state index is 6.15. The van der Waals surface area contributed by atoms with E-state index in [1.165, 1.54) is 0 Å². The van der Waals surface area contributed by atoms with Crippen LogP contribution < -0.4 is 10.6 Å². The Morgan fingerprint density at radius 3 is 2.82 bits per heavy atom. The van der Waals surface area contributed by atoms with Crippen LogP contribution in [0, 0.1) is 0 Å². The summed E-state index contributed by atoms with van der Waals surface area (Å²) in [4.78, 5) is 0. The van der Waals surface area contributed by atoms with Crippen molar-refractivity contribution < 1.29 is 4.74 Å². The highest BCUT2D eigenvalue weighted by atomic mass is 35.5. The van der Waals surface area contributed by atoms with Gasteiger partial charge in [0.2, 0.25) is 0 Å². The van der Waals surface area contributed by atoms with Crippen molar-refractivity contribution in [3.05, 3.63) is 35.4 Å². The lowest BCUT2D eigenvalue weighted by Crippen LogP contribution is -2.18. The van der Waals surface area contributed by atoms with Gasteiger partial charge in [0.1, 0.15) is 12.4 Å². The molecule has 2 N–H and O–H groups in total. The average molecular weight is 255 g/mol. The van der Waals surface area contributed by atoms with Crippen LogP contribution in [0.1, 0.15) is 12.5 Å². The van der Waals surface area contributed by atoms with Crippen molar-refractivity contribution in [2.75, 3.05) is 32.1 Å². The lowest BCUT2D eigenvalue weighted by atomic mass is 10.2. The molecule has 0 aliphatic rings. The zero-order valence-electron chi connectivity index (χ0n) is 10.3. The fourth-order valence-electron chi connectivity index (χ4n) is 1.40. The molecule has 0 bridgehead atoms. The Labute approximate surface area is 108 Å². The second-order valence-corrected chi connectivity index (χ2v) is 3.98. The van der Waals surface area contributed by atoms with Crippen LogP contribution in [0.2, 0.25) is 5.02 Å². The highest BCUT2D eigenvalue weighted by molar-refractivity contribution is 6.32. The van der Waals surface area contributed by atoms with Gasteiger partial charge in [0, 0.05) is 24.8 Å². The van der Waals surface area contributed by atoms with Crippen LogP contribution in [0.25, 0.3) is 5.76 Å². The molecular weight excluding hydrogens is 236 g/mol. The number of benzene rings is 1. The highest BCUT2D eigenvalue weighted by Crippen LogP contribution is 2.26. The van der Waals surface area contributed by atoms with Gasteiger partial charge in [-0.3, -0.25) is 0 Å². The smallest absolute Gasteiger partial charge is 0.120 e. The van der Waals surface area contributed by atoms with Gasteiger partial charge in [-0.05, 0) is 24.7 Å². The van der Waals surface area contributed by atoms with Crippen LogP contribution in [-0.4, -0.2) is 26.7 Å². The van der Waals surface area contributed by atoms with Crippen molar-refractivity contribution in [2.24, 2.45) is 0 Å². The summed E-state index contributed by atoms with van der Waals surface area (Å²) in [5, 5.41) is 6.85. The quantitative estimate of drug-likeness (QED) is 0.580. The lowest BCUT2D eigenvalue weighted by Gasteiger charge is -2.12. The van der Waals surface area contributed by atoms with Gasteiger partial charge in [-0.1, -0.05) is 25.1 Å². The van der Waals surface area contributed by atoms with Gasteiger partial charge in [-0.15, -0.1) is 0 Å². The van der Waals surface area contributed by atoms with Crippen molar-refractivity contribution in [1.29, 1.82) is 0 Å². The molecule has 4 heteroatoms. The lowest BCUT2D eigenvalue weighted by molar-refractivity contribution is 0.277. The van der Waals surface area contributed by atoms with E-state index in [4.69, 9.17) is 16.3 Å². The third kappa shape index (κ3) is 4.29. The topological polar surface area (TPSA) is 33.3 Å². The summed E-state index contributed by atoms with van der Waals surface area (Å²) in [5.41, 5.74) is 1.81. The van der Waals surface area contributed by atoms with Gasteiger partial charge >= 0.3 is 0 Å². The molecule has 0 aliphatic carbocycles. The van der Waals surface area contributed by atoms with E-state index in [0.29, 0.717) is 17.4 Å². The Bertz CT molecular complexity index is 380. The van der Waals surface area contributed by atoms with Gasteiger partial charge in [-0.2, -0.15) is 0 Å². The third-order valence-corrected chi connectivity index (χ3v) is 2.68. The van der Waals surface area contributed by atoms with E-state index in [0.717, 1.165) is 24.3 Å². The van der Waals surface area contributed by atoms with Crippen LogP contribution in [0.3, 0.4) is 0 Å². The molecule has 0 spiro atoms. The molecule has 0 unspecified atom stereocenters. The molecular formula is C13H19ClN2O. The molecule has 0 aromatic heterocycles. The Kier molecular flexibility index (Phi) is 5.87. The molecule has 94 valence electrons. The minimum atomic E-state index is 0.594. The number of halogens is 1. The molecule has 0 atom stereocenters. The Balaban J connectivity index is 2.57. The normalized spacial score (nSPS) is 10.1. The van der Waals surface area contributed by atoms with E-state index >= 15 is 0 Å². The first-order valence-corrected chi connectivity index (χ1v) is 6.07. The average Bonchev–Trinajstić information content (AvgIpc) is 2.34. The van der Waals surface area contributed by atoms with Crippen molar-refractivity contribution >= 4 is 23.0 Å². The largest absolute Gasteiger partial charge is 0.492 e. The summed E-state index contributed by atoms with van der Waals surface area (Å²) in [6, 6.07) is 5.71. The predicted octanol–water partition coefficient (Wildman–Crippen LogP) is 2.98. The molecule has 0 fully saturated rings. The van der Waals surface area contributed by atoms with Gasteiger partial charge in [0.05, 0.1) is 5.02 Å². The molecule has 0 saturated heterocycles. The third-order valence-electron chi connectivity index (χ3n) is 2.36. The molecule has 3 nitrogen and oxygen atoms in total. The summed E-state index contributed by atoms with van der Waals surface area (Å²) in [6.45, 7) is 8.28. The Morgan fingerprint density at radius 2 is 2.24 bits per heavy atom. The van der Waals surface area contributed by atoms with Crippen molar-refractivity contribution in [1.82, 2.24) is 5.32 Å². The molecule has 0 heterocycles. The number of rotatable bonds is 7. The fourth-order valence-corrected chi connectivity index (χ4v) is 1.68. The summed E-state index contributed by atoms with van der Waals surface area (Å²) in [6.07, 6.45) is 0. The monoisotopic (exact) mass is 254 g/mol. The molecule has 1 rings (SSSR count). The van der Waals surface area contributed by atoms with Crippen LogP contribution in [0.15, 0.2) is 24.8 Å². The predicted molar refractivity (Wildman–Crippen MR) is 74.5 cm³/mol. The maximum absolute atomic E-state index is 6.15.